The number of hydrogen-bond donors (Lipinski definition) is 7. The van der Waals surface area contributed by atoms with Crippen LogP contribution in [-0.2, 0) is 50.3 Å². The van der Waals surface area contributed by atoms with Crippen LogP contribution in [0.2, 0.25) is 36.3 Å². The number of anilines is 1. The number of ether oxygens (including phenoxy) is 3. The fraction of sp³-hybridized carbons (Fsp3) is 0.683. The van der Waals surface area contributed by atoms with Crippen LogP contribution >= 0.6 is 15.6 Å². The Balaban J connectivity index is 1.21. The van der Waals surface area contributed by atoms with E-state index in [1.54, 1.807) is 0 Å². The molecule has 3 aliphatic heterocycles. The first kappa shape index (κ1) is 56.8. The fourth-order valence-electron chi connectivity index (χ4n) is 7.91. The Hall–Kier alpha value is -3.92. The van der Waals surface area contributed by atoms with Crippen molar-refractivity contribution in [2.45, 2.75) is 159 Å². The Kier molecular flexibility index (Phi) is 16.3. The number of aryl methyl sites for hydroxylation is 1. The number of nitrogen functional groups attached to an aromatic ring is 1. The molecule has 13 atom stereocenters. The SMILES string of the molecule is Cc1cn([C@H]2C[C@H](O)[C@@H](COP(=O)(O)O[C@H]3[C@@H](O[Si](C)(C)C(C)(C)C)[C@H](n4cnc5c(N)ncnc54)O[C@@H]3COP(=O)(O)O[C@H]3[C@@H](O[Si](C)(C)C(C)(C)C)[C@H](n4ccc(=O)[nH]c4=O)O[C@@H]3CO)O2)c(=O)[nH]c1=O. The number of H-pyrrole nitrogens is 2. The molecule has 4 aromatic heterocycles. The van der Waals surface area contributed by atoms with Gasteiger partial charge in [-0.25, -0.2) is 33.7 Å². The molecule has 0 saturated carbocycles. The van der Waals surface area contributed by atoms with Crippen molar-refractivity contribution in [2.24, 2.45) is 0 Å². The first-order valence-corrected chi connectivity index (χ1v) is 32.0. The topological polar surface area (TPSA) is 377 Å². The largest absolute Gasteiger partial charge is 0.472 e. The summed E-state index contributed by atoms with van der Waals surface area (Å²) in [6.45, 7) is 18.2. The van der Waals surface area contributed by atoms with Crippen LogP contribution in [0, 0.1) is 6.92 Å². The smallest absolute Gasteiger partial charge is 0.407 e. The van der Waals surface area contributed by atoms with E-state index in [1.807, 2.05) is 67.7 Å². The molecule has 3 fully saturated rings. The van der Waals surface area contributed by atoms with Crippen LogP contribution in [0.15, 0.2) is 50.3 Å². The Bertz CT molecular complexity index is 2990. The summed E-state index contributed by atoms with van der Waals surface area (Å²) in [5.74, 6) is 0.0163. The van der Waals surface area contributed by atoms with Crippen LogP contribution in [0.25, 0.3) is 11.2 Å². The highest BCUT2D eigenvalue weighted by Crippen LogP contribution is 2.54. The first-order valence-electron chi connectivity index (χ1n) is 23.2. The molecule has 3 aliphatic rings. The normalized spacial score (nSPS) is 28.9. The van der Waals surface area contributed by atoms with E-state index in [2.05, 4.69) is 24.9 Å². The van der Waals surface area contributed by atoms with Crippen LogP contribution in [0.4, 0.5) is 5.82 Å². The second kappa shape index (κ2) is 20.9. The molecule has 8 N–H and O–H groups in total. The minimum absolute atomic E-state index is 0.0163. The van der Waals surface area contributed by atoms with Gasteiger partial charge in [-0.05, 0) is 43.2 Å². The standard InChI is InChI=1S/C41H65N9O19P2Si2/c1-21-15-49(39(56)47-35(21)54)27-14-22(52)24(63-27)17-61-70(57,58)67-30-25(65-37(32(30)69-73(10,11)41(5,6)7)50-20-45-28-33(42)43-19-44-34(28)50)18-62-71(59,60)66-29-23(16-51)64-36(48-13-12-26(53)46-38(48)55)31(29)68-72(8,9)40(2,3)4/h12-13,15,19-20,22-25,27,29-32,36-37,51-52H,14,16-18H2,1-11H3,(H,57,58)(H,59,60)(H2,42,43,44)(H,46,53,55)(H,47,54,56)/t22-,23+,24+,25+,27+,29+,30+,31+,32+,36+,37+/m0/s1. The van der Waals surface area contributed by atoms with Crippen molar-refractivity contribution in [3.63, 3.8) is 0 Å². The molecular formula is C41H65N9O19P2Si2. The molecule has 406 valence electrons. The van der Waals surface area contributed by atoms with Gasteiger partial charge in [-0.2, -0.15) is 0 Å². The van der Waals surface area contributed by atoms with Crippen molar-refractivity contribution in [3.8, 4) is 0 Å². The van der Waals surface area contributed by atoms with Crippen LogP contribution in [0.3, 0.4) is 0 Å². The first-order chi connectivity index (χ1) is 33.7. The molecule has 0 spiro atoms. The third kappa shape index (κ3) is 12.2. The number of rotatable bonds is 18. The monoisotopic (exact) mass is 1110 g/mol. The summed E-state index contributed by atoms with van der Waals surface area (Å²) >= 11 is 0. The summed E-state index contributed by atoms with van der Waals surface area (Å²) < 4.78 is 86.9. The number of nitrogens with two attached hydrogens (primary N) is 1. The van der Waals surface area contributed by atoms with Crippen LogP contribution in [0.5, 0.6) is 0 Å². The van der Waals surface area contributed by atoms with E-state index in [9.17, 15) is 48.3 Å². The van der Waals surface area contributed by atoms with Crippen LogP contribution in [0.1, 0.15) is 72.2 Å². The quantitative estimate of drug-likeness (QED) is 0.0553. The van der Waals surface area contributed by atoms with Gasteiger partial charge in [0.25, 0.3) is 11.1 Å². The van der Waals surface area contributed by atoms with Crippen LogP contribution < -0.4 is 28.2 Å². The summed E-state index contributed by atoms with van der Waals surface area (Å²) in [5, 5.41) is 20.5. The zero-order chi connectivity index (χ0) is 54.0. The number of aromatic nitrogens is 8. The molecule has 73 heavy (non-hydrogen) atoms. The molecule has 0 bridgehead atoms. The molecule has 28 nitrogen and oxygen atoms in total. The zero-order valence-electron chi connectivity index (χ0n) is 42.1. The molecule has 0 amide bonds. The van der Waals surface area contributed by atoms with E-state index < -0.39 is 152 Å². The number of phosphoric acid groups is 2. The van der Waals surface area contributed by atoms with Crippen LogP contribution in [-0.4, -0.2) is 144 Å². The lowest BCUT2D eigenvalue weighted by atomic mass is 10.1. The molecule has 32 heteroatoms. The lowest BCUT2D eigenvalue weighted by molar-refractivity contribution is -0.0614. The summed E-state index contributed by atoms with van der Waals surface area (Å²) in [6, 6.07) is 1.07. The number of aliphatic hydroxyl groups excluding tert-OH is 2. The van der Waals surface area contributed by atoms with Crippen molar-refractivity contribution in [2.75, 3.05) is 25.6 Å². The highest BCUT2D eigenvalue weighted by atomic mass is 31.2. The number of aromatic amines is 2. The van der Waals surface area contributed by atoms with E-state index in [4.69, 9.17) is 46.9 Å². The molecule has 7 rings (SSSR count). The number of nitrogens with one attached hydrogen (secondary N) is 2. The van der Waals surface area contributed by atoms with Gasteiger partial charge in [-0.3, -0.25) is 51.4 Å². The highest BCUT2D eigenvalue weighted by Gasteiger charge is 2.57. The Labute approximate surface area is 419 Å². The third-order valence-electron chi connectivity index (χ3n) is 14.0. The van der Waals surface area contributed by atoms with E-state index in [-0.39, 0.29) is 29.0 Å². The van der Waals surface area contributed by atoms with Gasteiger partial charge in [-0.15, -0.1) is 0 Å². The number of imidazole rings is 1. The average Bonchev–Trinajstić information content (AvgIpc) is 4.03. The highest BCUT2D eigenvalue weighted by molar-refractivity contribution is 7.47. The molecular weight excluding hydrogens is 1040 g/mol. The Morgan fingerprint density at radius 3 is 1.86 bits per heavy atom. The van der Waals surface area contributed by atoms with Crippen molar-refractivity contribution in [1.82, 2.24) is 38.6 Å². The summed E-state index contributed by atoms with van der Waals surface area (Å²) in [6.07, 6.45) is -10.6. The summed E-state index contributed by atoms with van der Waals surface area (Å²) in [7, 11) is -16.5. The Morgan fingerprint density at radius 1 is 0.767 bits per heavy atom. The van der Waals surface area contributed by atoms with E-state index in [0.717, 1.165) is 21.4 Å². The number of fused-ring (bicyclic) bond motifs is 1. The van der Waals surface area contributed by atoms with Gasteiger partial charge in [0.2, 0.25) is 0 Å². The minimum atomic E-state index is -5.37. The lowest BCUT2D eigenvalue weighted by Gasteiger charge is -2.40. The average molecular weight is 1110 g/mol. The van der Waals surface area contributed by atoms with Gasteiger partial charge in [-0.1, -0.05) is 41.5 Å². The maximum absolute atomic E-state index is 14.3. The maximum Gasteiger partial charge on any atom is 0.472 e. The van der Waals surface area contributed by atoms with Gasteiger partial charge < -0.3 is 48.8 Å². The van der Waals surface area contributed by atoms with Gasteiger partial charge in [0, 0.05) is 30.4 Å². The summed E-state index contributed by atoms with van der Waals surface area (Å²) in [5.41, 5.74) is 3.63. The molecule has 0 radical (unpaired) electrons. The number of phosphoric ester groups is 2. The minimum Gasteiger partial charge on any atom is -0.407 e. The zero-order valence-corrected chi connectivity index (χ0v) is 45.9. The van der Waals surface area contributed by atoms with Crippen molar-refractivity contribution in [1.29, 1.82) is 0 Å². The number of nitrogens with zero attached hydrogens (tertiary/aromatic N) is 6. The van der Waals surface area contributed by atoms with E-state index in [1.165, 1.54) is 30.3 Å². The second-order valence-electron chi connectivity index (χ2n) is 21.2. The summed E-state index contributed by atoms with van der Waals surface area (Å²) in [4.78, 5) is 89.9. The Morgan fingerprint density at radius 2 is 1.30 bits per heavy atom. The molecule has 3 saturated heterocycles. The van der Waals surface area contributed by atoms with Gasteiger partial charge in [0.15, 0.2) is 40.6 Å². The van der Waals surface area contributed by atoms with Crippen molar-refractivity contribution in [3.05, 3.63) is 78.4 Å². The van der Waals surface area contributed by atoms with E-state index in [0.29, 0.717) is 0 Å². The van der Waals surface area contributed by atoms with Gasteiger partial charge in [0.1, 0.15) is 60.8 Å². The molecule has 4 aromatic rings. The third-order valence-corrected chi connectivity index (χ3v) is 24.9. The molecule has 2 unspecified atom stereocenters. The molecule has 7 heterocycles. The van der Waals surface area contributed by atoms with Gasteiger partial charge >= 0.3 is 27.0 Å². The molecule has 0 aromatic carbocycles. The van der Waals surface area contributed by atoms with E-state index >= 15 is 0 Å². The predicted octanol–water partition coefficient (Wildman–Crippen LogP) is 2.04. The lowest BCUT2D eigenvalue weighted by Crippen LogP contribution is -2.50. The number of hydrogen-bond acceptors (Lipinski definition) is 21. The predicted molar refractivity (Wildman–Crippen MR) is 262 cm³/mol. The van der Waals surface area contributed by atoms with Gasteiger partial charge in [0.05, 0.1) is 32.3 Å². The van der Waals surface area contributed by atoms with Crippen molar-refractivity contribution < 1.29 is 70.3 Å². The fourth-order valence-corrected chi connectivity index (χ4v) is 12.4. The molecule has 0 aliphatic carbocycles. The maximum atomic E-state index is 14.3. The second-order valence-corrected chi connectivity index (χ2v) is 33.5. The van der Waals surface area contributed by atoms with Crippen molar-refractivity contribution >= 4 is 49.3 Å². The number of aliphatic hydroxyl groups is 2.